The van der Waals surface area contributed by atoms with Crippen LogP contribution in [0.4, 0.5) is 5.69 Å². The molecule has 2 aromatic rings. The number of benzene rings is 2. The zero-order valence-corrected chi connectivity index (χ0v) is 15.4. The Kier molecular flexibility index (Phi) is 5.49. The number of hydrogen-bond acceptors (Lipinski definition) is 7. The SMILES string of the molecule is CC(=O)OCCCN1C(=O)c2ccc(C(=O)c3cccc([N+](=O)[O-])c3)cc2C1=O. The molecule has 1 aliphatic rings. The van der Waals surface area contributed by atoms with Gasteiger partial charge < -0.3 is 4.74 Å². The molecule has 1 heterocycles. The third-order valence-corrected chi connectivity index (χ3v) is 4.38. The number of ether oxygens (including phenoxy) is 1. The Bertz CT molecular complexity index is 1040. The first-order valence-electron chi connectivity index (χ1n) is 8.72. The quantitative estimate of drug-likeness (QED) is 0.176. The lowest BCUT2D eigenvalue weighted by molar-refractivity contribution is -0.384. The summed E-state index contributed by atoms with van der Waals surface area (Å²) >= 11 is 0. The largest absolute Gasteiger partial charge is 0.466 e. The van der Waals surface area contributed by atoms with E-state index in [4.69, 9.17) is 4.74 Å². The molecule has 2 aromatic carbocycles. The number of esters is 1. The van der Waals surface area contributed by atoms with Gasteiger partial charge in [0.2, 0.25) is 0 Å². The summed E-state index contributed by atoms with van der Waals surface area (Å²) in [6.07, 6.45) is 0.296. The number of hydrogen-bond donors (Lipinski definition) is 0. The van der Waals surface area contributed by atoms with Crippen LogP contribution in [0.2, 0.25) is 0 Å². The maximum absolute atomic E-state index is 12.7. The number of rotatable bonds is 7. The lowest BCUT2D eigenvalue weighted by Crippen LogP contribution is -2.31. The van der Waals surface area contributed by atoms with Gasteiger partial charge in [0.1, 0.15) is 0 Å². The summed E-state index contributed by atoms with van der Waals surface area (Å²) in [7, 11) is 0. The second-order valence-electron chi connectivity index (χ2n) is 6.35. The molecular weight excluding hydrogens is 380 g/mol. The average Bonchev–Trinajstić information content (AvgIpc) is 2.94. The summed E-state index contributed by atoms with van der Waals surface area (Å²) in [6, 6.07) is 9.40. The molecule has 9 heteroatoms. The molecule has 0 saturated carbocycles. The van der Waals surface area contributed by atoms with Gasteiger partial charge in [-0.25, -0.2) is 0 Å². The first-order chi connectivity index (χ1) is 13.8. The van der Waals surface area contributed by atoms with Crippen LogP contribution >= 0.6 is 0 Å². The van der Waals surface area contributed by atoms with Crippen LogP contribution in [-0.4, -0.2) is 46.5 Å². The van der Waals surface area contributed by atoms with Crippen LogP contribution in [-0.2, 0) is 9.53 Å². The monoisotopic (exact) mass is 396 g/mol. The van der Waals surface area contributed by atoms with Gasteiger partial charge in [-0.2, -0.15) is 0 Å². The molecule has 2 amide bonds. The van der Waals surface area contributed by atoms with Crippen LogP contribution in [0.1, 0.15) is 50.0 Å². The van der Waals surface area contributed by atoms with Crippen molar-refractivity contribution in [3.8, 4) is 0 Å². The molecule has 0 aromatic heterocycles. The zero-order chi connectivity index (χ0) is 21.1. The average molecular weight is 396 g/mol. The Morgan fingerprint density at radius 2 is 1.72 bits per heavy atom. The van der Waals surface area contributed by atoms with Gasteiger partial charge in [0, 0.05) is 36.7 Å². The molecule has 1 aliphatic heterocycles. The number of imide groups is 1. The number of nitro groups is 1. The lowest BCUT2D eigenvalue weighted by Gasteiger charge is -2.13. The summed E-state index contributed by atoms with van der Waals surface area (Å²) in [5.74, 6) is -1.97. The highest BCUT2D eigenvalue weighted by Crippen LogP contribution is 2.26. The number of carbonyl (C=O) groups excluding carboxylic acids is 4. The molecule has 0 N–H and O–H groups in total. The van der Waals surface area contributed by atoms with Gasteiger partial charge in [0.15, 0.2) is 5.78 Å². The fourth-order valence-corrected chi connectivity index (χ4v) is 3.00. The Morgan fingerprint density at radius 3 is 2.41 bits per heavy atom. The van der Waals surface area contributed by atoms with Crippen molar-refractivity contribution < 1.29 is 28.8 Å². The van der Waals surface area contributed by atoms with Crippen molar-refractivity contribution in [2.45, 2.75) is 13.3 Å². The van der Waals surface area contributed by atoms with Crippen molar-refractivity contribution in [3.05, 3.63) is 74.8 Å². The van der Waals surface area contributed by atoms with E-state index >= 15 is 0 Å². The normalized spacial score (nSPS) is 12.7. The van der Waals surface area contributed by atoms with Crippen LogP contribution in [0.25, 0.3) is 0 Å². The molecule has 9 nitrogen and oxygen atoms in total. The molecule has 0 aliphatic carbocycles. The lowest BCUT2D eigenvalue weighted by atomic mass is 9.99. The van der Waals surface area contributed by atoms with Crippen LogP contribution in [0.3, 0.4) is 0 Å². The van der Waals surface area contributed by atoms with Gasteiger partial charge in [0.05, 0.1) is 22.7 Å². The van der Waals surface area contributed by atoms with Crippen LogP contribution in [0.15, 0.2) is 42.5 Å². The van der Waals surface area contributed by atoms with Crippen molar-refractivity contribution in [3.63, 3.8) is 0 Å². The summed E-state index contributed by atoms with van der Waals surface area (Å²) < 4.78 is 4.79. The number of nitrogens with zero attached hydrogens (tertiary/aromatic N) is 2. The standard InChI is InChI=1S/C20H16N2O7/c1-12(23)29-9-3-8-21-19(25)16-7-6-14(11-17(16)20(21)26)18(24)13-4-2-5-15(10-13)22(27)28/h2,4-7,10-11H,3,8-9H2,1H3. The van der Waals surface area contributed by atoms with Gasteiger partial charge in [-0.3, -0.25) is 34.2 Å². The van der Waals surface area contributed by atoms with Crippen molar-refractivity contribution in [1.82, 2.24) is 4.90 Å². The summed E-state index contributed by atoms with van der Waals surface area (Å²) in [5, 5.41) is 10.9. The van der Waals surface area contributed by atoms with Gasteiger partial charge in [-0.15, -0.1) is 0 Å². The molecule has 0 spiro atoms. The smallest absolute Gasteiger partial charge is 0.302 e. The van der Waals surface area contributed by atoms with Gasteiger partial charge >= 0.3 is 5.97 Å². The van der Waals surface area contributed by atoms with E-state index in [9.17, 15) is 29.3 Å². The van der Waals surface area contributed by atoms with E-state index in [1.165, 1.54) is 43.3 Å². The summed E-state index contributed by atoms with van der Waals surface area (Å²) in [5.41, 5.74) is 0.306. The molecule has 0 unspecified atom stereocenters. The van der Waals surface area contributed by atoms with Crippen molar-refractivity contribution in [1.29, 1.82) is 0 Å². The molecule has 0 atom stereocenters. The van der Waals surface area contributed by atoms with E-state index < -0.39 is 28.5 Å². The first kappa shape index (κ1) is 19.9. The predicted molar refractivity (Wildman–Crippen MR) is 99.6 cm³/mol. The Morgan fingerprint density at radius 1 is 1.03 bits per heavy atom. The minimum atomic E-state index is -0.602. The second kappa shape index (κ2) is 8.01. The third-order valence-electron chi connectivity index (χ3n) is 4.38. The highest BCUT2D eigenvalue weighted by molar-refractivity contribution is 6.22. The van der Waals surface area contributed by atoms with Crippen LogP contribution in [0.5, 0.6) is 0 Å². The van der Waals surface area contributed by atoms with E-state index in [0.29, 0.717) is 6.42 Å². The van der Waals surface area contributed by atoms with Crippen molar-refractivity contribution in [2.24, 2.45) is 0 Å². The molecular formula is C20H16N2O7. The molecule has 0 bridgehead atoms. The molecule has 148 valence electrons. The van der Waals surface area contributed by atoms with E-state index in [0.717, 1.165) is 11.0 Å². The molecule has 0 saturated heterocycles. The molecule has 3 rings (SSSR count). The van der Waals surface area contributed by atoms with E-state index in [1.807, 2.05) is 0 Å². The highest BCUT2D eigenvalue weighted by atomic mass is 16.6. The van der Waals surface area contributed by atoms with E-state index in [-0.39, 0.29) is 41.1 Å². The maximum Gasteiger partial charge on any atom is 0.302 e. The maximum atomic E-state index is 12.7. The van der Waals surface area contributed by atoms with E-state index in [1.54, 1.807) is 0 Å². The van der Waals surface area contributed by atoms with Crippen molar-refractivity contribution in [2.75, 3.05) is 13.2 Å². The zero-order valence-electron chi connectivity index (χ0n) is 15.4. The van der Waals surface area contributed by atoms with Crippen LogP contribution in [0, 0.1) is 10.1 Å². The summed E-state index contributed by atoms with van der Waals surface area (Å²) in [4.78, 5) is 59.8. The molecule has 29 heavy (non-hydrogen) atoms. The van der Waals surface area contributed by atoms with E-state index in [2.05, 4.69) is 0 Å². The Labute approximate surface area is 165 Å². The van der Waals surface area contributed by atoms with Gasteiger partial charge in [0.25, 0.3) is 17.5 Å². The molecule has 0 radical (unpaired) electrons. The minimum Gasteiger partial charge on any atom is -0.466 e. The topological polar surface area (TPSA) is 124 Å². The van der Waals surface area contributed by atoms with Gasteiger partial charge in [-0.1, -0.05) is 18.2 Å². The van der Waals surface area contributed by atoms with Gasteiger partial charge in [-0.05, 0) is 18.6 Å². The Hall–Kier alpha value is -3.88. The second-order valence-corrected chi connectivity index (χ2v) is 6.35. The van der Waals surface area contributed by atoms with Crippen molar-refractivity contribution >= 4 is 29.3 Å². The first-order valence-corrected chi connectivity index (χ1v) is 8.72. The number of non-ortho nitro benzene ring substituents is 1. The number of fused-ring (bicyclic) bond motifs is 1. The number of ketones is 1. The third kappa shape index (κ3) is 4.03. The number of carbonyl (C=O) groups is 4. The number of amides is 2. The molecule has 0 fully saturated rings. The summed E-state index contributed by atoms with van der Waals surface area (Å²) in [6.45, 7) is 1.43. The minimum absolute atomic E-state index is 0.0772. The predicted octanol–water partition coefficient (Wildman–Crippen LogP) is 2.38. The highest BCUT2D eigenvalue weighted by Gasteiger charge is 2.35. The fourth-order valence-electron chi connectivity index (χ4n) is 3.00. The Balaban J connectivity index is 1.80. The fraction of sp³-hybridized carbons (Fsp3) is 0.200. The number of nitro benzene ring substituents is 1. The van der Waals surface area contributed by atoms with Crippen LogP contribution < -0.4 is 0 Å².